The van der Waals surface area contributed by atoms with E-state index in [-0.39, 0.29) is 30.6 Å². The molecule has 6 nitrogen and oxygen atoms in total. The molecule has 1 saturated carbocycles. The van der Waals surface area contributed by atoms with E-state index in [1.165, 1.54) is 0 Å². The molecule has 0 bridgehead atoms. The third-order valence-electron chi connectivity index (χ3n) is 4.28. The lowest BCUT2D eigenvalue weighted by atomic mass is 9.74. The average Bonchev–Trinajstić information content (AvgIpc) is 2.54. The van der Waals surface area contributed by atoms with Gasteiger partial charge < -0.3 is 5.11 Å². The third kappa shape index (κ3) is 4.11. The molecule has 1 aromatic carbocycles. The van der Waals surface area contributed by atoms with E-state index < -0.39 is 39.2 Å². The van der Waals surface area contributed by atoms with Gasteiger partial charge in [-0.2, -0.15) is 18.4 Å². The van der Waals surface area contributed by atoms with Crippen molar-refractivity contribution in [2.24, 2.45) is 5.41 Å². The molecule has 0 atom stereocenters. The summed E-state index contributed by atoms with van der Waals surface area (Å²) in [4.78, 5) is 10.9. The van der Waals surface area contributed by atoms with Crippen LogP contribution in [0.5, 0.6) is 0 Å². The zero-order valence-electron chi connectivity index (χ0n) is 12.9. The number of nitrogens with zero attached hydrogens (tertiary/aromatic N) is 1. The van der Waals surface area contributed by atoms with Crippen LogP contribution < -0.4 is 4.72 Å². The van der Waals surface area contributed by atoms with Crippen LogP contribution in [0, 0.1) is 16.7 Å². The summed E-state index contributed by atoms with van der Waals surface area (Å²) in [6, 6.07) is 4.29. The highest BCUT2D eigenvalue weighted by Crippen LogP contribution is 2.36. The Bertz CT molecular complexity index is 790. The first-order valence-corrected chi connectivity index (χ1v) is 8.83. The van der Waals surface area contributed by atoms with Crippen LogP contribution >= 0.6 is 0 Å². The van der Waals surface area contributed by atoms with Gasteiger partial charge in [-0.05, 0) is 49.9 Å². The second-order valence-electron chi connectivity index (χ2n) is 5.92. The number of aliphatic carboxylic acids is 1. The number of benzene rings is 1. The molecule has 136 valence electrons. The Hall–Kier alpha value is -2.12. The van der Waals surface area contributed by atoms with Crippen molar-refractivity contribution in [2.75, 3.05) is 0 Å². The molecule has 1 fully saturated rings. The first kappa shape index (κ1) is 19.2. The lowest BCUT2D eigenvalue weighted by Crippen LogP contribution is -2.42. The van der Waals surface area contributed by atoms with Crippen LogP contribution in [0.25, 0.3) is 0 Å². The van der Waals surface area contributed by atoms with E-state index in [9.17, 15) is 26.4 Å². The summed E-state index contributed by atoms with van der Waals surface area (Å²) in [5.74, 6) is -1.24. The predicted molar refractivity (Wildman–Crippen MR) is 79.7 cm³/mol. The molecule has 0 aromatic heterocycles. The monoisotopic (exact) mass is 376 g/mol. The van der Waals surface area contributed by atoms with Gasteiger partial charge in [-0.25, -0.2) is 13.1 Å². The highest BCUT2D eigenvalue weighted by molar-refractivity contribution is 7.89. The van der Waals surface area contributed by atoms with E-state index >= 15 is 0 Å². The van der Waals surface area contributed by atoms with Crippen LogP contribution in [-0.2, 0) is 21.0 Å². The number of halogens is 3. The minimum atomic E-state index is -4.56. The number of hydrogen-bond acceptors (Lipinski definition) is 4. The molecule has 0 aliphatic heterocycles. The lowest BCUT2D eigenvalue weighted by Gasteiger charge is -2.31. The van der Waals surface area contributed by atoms with Crippen LogP contribution in [0.2, 0.25) is 0 Å². The van der Waals surface area contributed by atoms with Crippen molar-refractivity contribution in [1.82, 2.24) is 4.72 Å². The van der Waals surface area contributed by atoms with Crippen molar-refractivity contribution in [2.45, 2.75) is 42.8 Å². The smallest absolute Gasteiger partial charge is 0.416 e. The maximum atomic E-state index is 12.5. The molecular formula is C15H15F3N2O4S. The molecule has 10 heteroatoms. The van der Waals surface area contributed by atoms with Crippen molar-refractivity contribution in [1.29, 1.82) is 5.26 Å². The van der Waals surface area contributed by atoms with Crippen molar-refractivity contribution in [3.63, 3.8) is 0 Å². The van der Waals surface area contributed by atoms with Crippen LogP contribution in [-0.4, -0.2) is 25.5 Å². The maximum Gasteiger partial charge on any atom is 0.416 e. The van der Waals surface area contributed by atoms with Gasteiger partial charge in [-0.3, -0.25) is 4.79 Å². The highest BCUT2D eigenvalue weighted by atomic mass is 32.2. The summed E-state index contributed by atoms with van der Waals surface area (Å²) < 4.78 is 64.4. The summed E-state index contributed by atoms with van der Waals surface area (Å²) in [5.41, 5.74) is -2.47. The van der Waals surface area contributed by atoms with Crippen LogP contribution in [0.15, 0.2) is 29.2 Å². The molecule has 0 unspecified atom stereocenters. The van der Waals surface area contributed by atoms with Gasteiger partial charge in [0.05, 0.1) is 16.5 Å². The minimum Gasteiger partial charge on any atom is -0.480 e. The number of carbonyl (C=O) groups is 1. The summed E-state index contributed by atoms with van der Waals surface area (Å²) in [6.07, 6.45) is -4.26. The van der Waals surface area contributed by atoms with Crippen LogP contribution in [0.1, 0.15) is 31.2 Å². The molecule has 2 N–H and O–H groups in total. The molecular weight excluding hydrogens is 361 g/mol. The first-order chi connectivity index (χ1) is 11.5. The number of nitriles is 1. The van der Waals surface area contributed by atoms with Gasteiger partial charge in [0, 0.05) is 6.04 Å². The standard InChI is InChI=1S/C15H15F3N2O4S/c16-15(17,18)10-1-3-12(4-2-10)25(23,24)20-11-5-7-14(9-19,8-6-11)13(21)22/h1-4,11,20H,5-8H2,(H,21,22). The topological polar surface area (TPSA) is 107 Å². The quantitative estimate of drug-likeness (QED) is 0.840. The van der Waals surface area contributed by atoms with E-state index in [0.29, 0.717) is 12.1 Å². The molecule has 1 aliphatic carbocycles. The number of carboxylic acids is 1. The average molecular weight is 376 g/mol. The second-order valence-corrected chi connectivity index (χ2v) is 7.63. The van der Waals surface area contributed by atoms with Crippen molar-refractivity contribution in [3.05, 3.63) is 29.8 Å². The Morgan fingerprint density at radius 1 is 1.24 bits per heavy atom. The van der Waals surface area contributed by atoms with Crippen molar-refractivity contribution in [3.8, 4) is 6.07 Å². The van der Waals surface area contributed by atoms with E-state index in [1.54, 1.807) is 6.07 Å². The number of rotatable bonds is 4. The number of carboxylic acid groups (broad SMARTS) is 1. The summed E-state index contributed by atoms with van der Waals surface area (Å²) in [6.45, 7) is 0. The number of sulfonamides is 1. The number of alkyl halides is 3. The lowest BCUT2D eigenvalue weighted by molar-refractivity contribution is -0.147. The van der Waals surface area contributed by atoms with Crippen molar-refractivity contribution < 1.29 is 31.5 Å². The summed E-state index contributed by atoms with van der Waals surface area (Å²) in [5, 5.41) is 18.2. The number of nitrogens with one attached hydrogen (secondary N) is 1. The SMILES string of the molecule is N#CC1(C(=O)O)CCC(NS(=O)(=O)c2ccc(C(F)(F)F)cc2)CC1. The Labute approximate surface area is 142 Å². The number of hydrogen-bond donors (Lipinski definition) is 2. The normalized spacial score (nSPS) is 24.5. The largest absolute Gasteiger partial charge is 0.480 e. The third-order valence-corrected chi connectivity index (χ3v) is 5.81. The molecule has 1 aliphatic rings. The summed E-state index contributed by atoms with van der Waals surface area (Å²) in [7, 11) is -4.03. The molecule has 25 heavy (non-hydrogen) atoms. The van der Waals surface area contributed by atoms with Gasteiger partial charge in [-0.15, -0.1) is 0 Å². The highest BCUT2D eigenvalue weighted by Gasteiger charge is 2.43. The molecule has 0 heterocycles. The zero-order chi connectivity index (χ0) is 18.9. The Kier molecular flexibility index (Phi) is 5.11. The molecule has 0 saturated heterocycles. The van der Waals surface area contributed by atoms with Crippen LogP contribution in [0.4, 0.5) is 13.2 Å². The first-order valence-electron chi connectivity index (χ1n) is 7.34. The minimum absolute atomic E-state index is 0.000961. The maximum absolute atomic E-state index is 12.5. The van der Waals surface area contributed by atoms with Gasteiger partial charge in [0.25, 0.3) is 0 Å². The van der Waals surface area contributed by atoms with E-state index in [1.807, 2.05) is 0 Å². The fourth-order valence-corrected chi connectivity index (χ4v) is 4.02. The van der Waals surface area contributed by atoms with Gasteiger partial charge >= 0.3 is 12.1 Å². The Morgan fingerprint density at radius 2 is 1.76 bits per heavy atom. The fraction of sp³-hybridized carbons (Fsp3) is 0.467. The predicted octanol–water partition coefficient (Wildman–Crippen LogP) is 2.52. The second kappa shape index (κ2) is 6.65. The van der Waals surface area contributed by atoms with Gasteiger partial charge in [-0.1, -0.05) is 0 Å². The summed E-state index contributed by atoms with van der Waals surface area (Å²) >= 11 is 0. The van der Waals surface area contributed by atoms with E-state index in [4.69, 9.17) is 10.4 Å². The van der Waals surface area contributed by atoms with E-state index in [0.717, 1.165) is 12.1 Å². The molecule has 2 rings (SSSR count). The molecule has 0 amide bonds. The molecule has 1 aromatic rings. The van der Waals surface area contributed by atoms with E-state index in [2.05, 4.69) is 4.72 Å². The zero-order valence-corrected chi connectivity index (χ0v) is 13.7. The fourth-order valence-electron chi connectivity index (χ4n) is 2.71. The van der Waals surface area contributed by atoms with Gasteiger partial charge in [0.1, 0.15) is 0 Å². The molecule has 0 spiro atoms. The Morgan fingerprint density at radius 3 is 2.16 bits per heavy atom. The Balaban J connectivity index is 2.08. The van der Waals surface area contributed by atoms with Gasteiger partial charge in [0.15, 0.2) is 5.41 Å². The van der Waals surface area contributed by atoms with Crippen LogP contribution in [0.3, 0.4) is 0 Å². The van der Waals surface area contributed by atoms with Crippen molar-refractivity contribution >= 4 is 16.0 Å². The molecule has 0 radical (unpaired) electrons. The van der Waals surface area contributed by atoms with Gasteiger partial charge in [0.2, 0.25) is 10.0 Å².